The molecule has 0 radical (unpaired) electrons. The molecule has 140 valence electrons. The van der Waals surface area contributed by atoms with Crippen LogP contribution in [-0.2, 0) is 14.8 Å². The van der Waals surface area contributed by atoms with Gasteiger partial charge < -0.3 is 4.74 Å². The largest absolute Gasteiger partial charge is 0.405 e. The topological polar surface area (TPSA) is 98.2 Å². The number of ether oxygens (including phenoxy) is 1. The van der Waals surface area contributed by atoms with Crippen LogP contribution in [0.25, 0.3) is 10.6 Å². The Morgan fingerprint density at radius 1 is 1.15 bits per heavy atom. The van der Waals surface area contributed by atoms with Crippen LogP contribution in [0.5, 0.6) is 5.88 Å². The van der Waals surface area contributed by atoms with E-state index < -0.39 is 22.0 Å². The van der Waals surface area contributed by atoms with Crippen LogP contribution in [0.4, 0.5) is 0 Å². The Morgan fingerprint density at radius 2 is 1.81 bits per heavy atom. The van der Waals surface area contributed by atoms with Crippen LogP contribution in [-0.4, -0.2) is 30.4 Å². The molecule has 3 aromatic rings. The first-order valence-electron chi connectivity index (χ1n) is 8.02. The normalized spacial score (nSPS) is 12.5. The monoisotopic (exact) mass is 403 g/mol. The summed E-state index contributed by atoms with van der Waals surface area (Å²) in [6.07, 6.45) is 3.29. The summed E-state index contributed by atoms with van der Waals surface area (Å²) in [6.45, 7) is 3.28. The minimum atomic E-state index is -3.83. The summed E-state index contributed by atoms with van der Waals surface area (Å²) < 4.78 is 32.2. The van der Waals surface area contributed by atoms with Crippen LogP contribution in [0.15, 0.2) is 59.1 Å². The number of hydrogen-bond acceptors (Lipinski definition) is 7. The first kappa shape index (κ1) is 19.2. The Balaban J connectivity index is 1.66. The van der Waals surface area contributed by atoms with Crippen LogP contribution in [0.1, 0.15) is 12.5 Å². The van der Waals surface area contributed by atoms with E-state index in [0.29, 0.717) is 5.01 Å². The predicted molar refractivity (Wildman–Crippen MR) is 102 cm³/mol. The quantitative estimate of drug-likeness (QED) is 0.636. The number of benzene rings is 1. The van der Waals surface area contributed by atoms with Gasteiger partial charge in [0.1, 0.15) is 11.0 Å². The zero-order chi connectivity index (χ0) is 19.4. The van der Waals surface area contributed by atoms with Gasteiger partial charge in [-0.1, -0.05) is 17.7 Å². The number of hydrogen-bond donors (Lipinski definition) is 1. The van der Waals surface area contributed by atoms with Gasteiger partial charge in [-0.15, -0.1) is 11.3 Å². The van der Waals surface area contributed by atoms with Gasteiger partial charge in [0.15, 0.2) is 0 Å². The van der Waals surface area contributed by atoms with E-state index >= 15 is 0 Å². The number of carbonyl (C=O) groups excluding carboxylic acids is 1. The van der Waals surface area contributed by atoms with Gasteiger partial charge in [0.2, 0.25) is 15.9 Å². The van der Waals surface area contributed by atoms with Crippen molar-refractivity contribution in [3.8, 4) is 16.5 Å². The maximum Gasteiger partial charge on any atom is 0.330 e. The van der Waals surface area contributed by atoms with Crippen LogP contribution >= 0.6 is 11.3 Å². The van der Waals surface area contributed by atoms with Gasteiger partial charge in [-0.3, -0.25) is 4.98 Å². The standard InChI is InChI=1S/C18H17N3O4S2/c1-12-3-5-15(6-4-12)27(23,24)21-13(2)18(22)25-16-11-26-17(20-16)14-7-9-19-10-8-14/h3-11,13,21H,1-2H3. The Hall–Kier alpha value is -2.62. The molecule has 3 rings (SSSR count). The van der Waals surface area contributed by atoms with Crippen LogP contribution in [0.2, 0.25) is 0 Å². The molecule has 2 heterocycles. The molecule has 27 heavy (non-hydrogen) atoms. The summed E-state index contributed by atoms with van der Waals surface area (Å²) in [6, 6.07) is 8.86. The van der Waals surface area contributed by atoms with Crippen molar-refractivity contribution >= 4 is 27.3 Å². The third-order valence-corrected chi connectivity index (χ3v) is 6.06. The SMILES string of the molecule is Cc1ccc(S(=O)(=O)NC(C)C(=O)Oc2csc(-c3ccncc3)n2)cc1. The second-order valence-corrected chi connectivity index (χ2v) is 8.38. The second kappa shape index (κ2) is 7.95. The Bertz CT molecular complexity index is 1030. The zero-order valence-electron chi connectivity index (χ0n) is 14.6. The lowest BCUT2D eigenvalue weighted by Gasteiger charge is -2.12. The minimum Gasteiger partial charge on any atom is -0.405 e. The van der Waals surface area contributed by atoms with Gasteiger partial charge in [0.25, 0.3) is 0 Å². The second-order valence-electron chi connectivity index (χ2n) is 5.80. The summed E-state index contributed by atoms with van der Waals surface area (Å²) in [5.74, 6) is -0.615. The highest BCUT2D eigenvalue weighted by Gasteiger charge is 2.24. The average molecular weight is 403 g/mol. The van der Waals surface area contributed by atoms with Crippen molar-refractivity contribution in [2.45, 2.75) is 24.8 Å². The van der Waals surface area contributed by atoms with Crippen molar-refractivity contribution < 1.29 is 17.9 Å². The third kappa shape index (κ3) is 4.76. The van der Waals surface area contributed by atoms with Gasteiger partial charge in [-0.2, -0.15) is 4.72 Å². The van der Waals surface area contributed by atoms with Crippen molar-refractivity contribution in [2.75, 3.05) is 0 Å². The highest BCUT2D eigenvalue weighted by molar-refractivity contribution is 7.89. The molecule has 0 spiro atoms. The number of pyridine rings is 1. The molecule has 7 nitrogen and oxygen atoms in total. The highest BCUT2D eigenvalue weighted by Crippen LogP contribution is 2.26. The first-order valence-corrected chi connectivity index (χ1v) is 10.4. The Labute approximate surface area is 161 Å². The van der Waals surface area contributed by atoms with Gasteiger partial charge >= 0.3 is 5.97 Å². The van der Waals surface area contributed by atoms with E-state index in [1.165, 1.54) is 30.4 Å². The fourth-order valence-corrected chi connectivity index (χ4v) is 4.11. The predicted octanol–water partition coefficient (Wildman–Crippen LogP) is 2.79. The molecule has 0 aliphatic carbocycles. The fraction of sp³-hybridized carbons (Fsp3) is 0.167. The molecule has 2 aromatic heterocycles. The minimum absolute atomic E-state index is 0.0846. The summed E-state index contributed by atoms with van der Waals surface area (Å²) >= 11 is 1.31. The molecule has 9 heteroatoms. The van der Waals surface area contributed by atoms with Crippen molar-refractivity contribution in [2.24, 2.45) is 0 Å². The molecule has 1 atom stereocenters. The number of thiazole rings is 1. The molecule has 0 aliphatic heterocycles. The van der Waals surface area contributed by atoms with E-state index in [9.17, 15) is 13.2 Å². The summed E-state index contributed by atoms with van der Waals surface area (Å²) in [5, 5.41) is 2.27. The third-order valence-electron chi connectivity index (χ3n) is 3.63. The molecule has 0 aliphatic rings. The smallest absolute Gasteiger partial charge is 0.330 e. The number of aryl methyl sites for hydroxylation is 1. The lowest BCUT2D eigenvalue weighted by molar-refractivity contribution is -0.136. The summed E-state index contributed by atoms with van der Waals surface area (Å²) in [4.78, 5) is 20.5. The molecule has 1 N–H and O–H groups in total. The molecule has 0 fully saturated rings. The Kier molecular flexibility index (Phi) is 5.64. The van der Waals surface area contributed by atoms with Crippen LogP contribution in [0.3, 0.4) is 0 Å². The number of nitrogens with one attached hydrogen (secondary N) is 1. The molecular weight excluding hydrogens is 386 g/mol. The van der Waals surface area contributed by atoms with Gasteiger partial charge in [-0.05, 0) is 38.1 Å². The van der Waals surface area contributed by atoms with E-state index in [1.807, 2.05) is 6.92 Å². The van der Waals surface area contributed by atoms with Crippen LogP contribution in [0, 0.1) is 6.92 Å². The van der Waals surface area contributed by atoms with Crippen molar-refractivity contribution in [1.82, 2.24) is 14.7 Å². The van der Waals surface area contributed by atoms with Gasteiger partial charge in [0, 0.05) is 18.0 Å². The molecule has 1 unspecified atom stereocenters. The average Bonchev–Trinajstić information content (AvgIpc) is 3.11. The number of sulfonamides is 1. The highest BCUT2D eigenvalue weighted by atomic mass is 32.2. The van der Waals surface area contributed by atoms with E-state index in [4.69, 9.17) is 4.74 Å². The van der Waals surface area contributed by atoms with E-state index in [1.54, 1.807) is 42.0 Å². The van der Waals surface area contributed by atoms with Gasteiger partial charge in [-0.25, -0.2) is 18.2 Å². The molecule has 0 amide bonds. The molecule has 0 saturated carbocycles. The molecule has 0 bridgehead atoms. The maximum atomic E-state index is 12.4. The van der Waals surface area contributed by atoms with E-state index in [0.717, 1.165) is 11.1 Å². The van der Waals surface area contributed by atoms with E-state index in [2.05, 4.69) is 14.7 Å². The zero-order valence-corrected chi connectivity index (χ0v) is 16.3. The van der Waals surface area contributed by atoms with Crippen LogP contribution < -0.4 is 9.46 Å². The van der Waals surface area contributed by atoms with E-state index in [-0.39, 0.29) is 10.8 Å². The Morgan fingerprint density at radius 3 is 2.48 bits per heavy atom. The fourth-order valence-electron chi connectivity index (χ4n) is 2.19. The maximum absolute atomic E-state index is 12.4. The summed E-state index contributed by atoms with van der Waals surface area (Å²) in [7, 11) is -3.83. The number of nitrogens with zero attached hydrogens (tertiary/aromatic N) is 2. The number of aromatic nitrogens is 2. The number of esters is 1. The van der Waals surface area contributed by atoms with Crippen molar-refractivity contribution in [3.05, 3.63) is 59.7 Å². The number of carbonyl (C=O) groups is 1. The molecule has 1 aromatic carbocycles. The molecular formula is C18H17N3O4S2. The van der Waals surface area contributed by atoms with Gasteiger partial charge in [0.05, 0.1) is 10.3 Å². The summed E-state index contributed by atoms with van der Waals surface area (Å²) in [5.41, 5.74) is 1.79. The first-order chi connectivity index (χ1) is 12.8. The lowest BCUT2D eigenvalue weighted by Crippen LogP contribution is -2.40. The number of rotatable bonds is 6. The molecule has 0 saturated heterocycles. The van der Waals surface area contributed by atoms with Crippen molar-refractivity contribution in [3.63, 3.8) is 0 Å². The lowest BCUT2D eigenvalue weighted by atomic mass is 10.2. The van der Waals surface area contributed by atoms with Crippen molar-refractivity contribution in [1.29, 1.82) is 0 Å².